The van der Waals surface area contributed by atoms with Crippen LogP contribution < -0.4 is 5.73 Å². The highest BCUT2D eigenvalue weighted by atomic mass is 79.9. The van der Waals surface area contributed by atoms with Gasteiger partial charge in [-0.2, -0.15) is 4.98 Å². The van der Waals surface area contributed by atoms with Crippen LogP contribution in [0.2, 0.25) is 0 Å². The van der Waals surface area contributed by atoms with Crippen LogP contribution in [0.25, 0.3) is 11.4 Å². The monoisotopic (exact) mass is 333 g/mol. The molecule has 1 heterocycles. The molecule has 0 saturated heterocycles. The third-order valence-corrected chi connectivity index (χ3v) is 5.51. The number of nitrogens with zero attached hydrogens (tertiary/aromatic N) is 2. The van der Waals surface area contributed by atoms with Crippen molar-refractivity contribution in [2.75, 3.05) is 0 Å². The van der Waals surface area contributed by atoms with Gasteiger partial charge in [-0.1, -0.05) is 33.2 Å². The maximum atomic E-state index is 6.34. The SMILES string of the molecule is NC1C2CCC(C2)C1c1nc(-c2ccccc2Br)no1. The van der Waals surface area contributed by atoms with Crippen LogP contribution in [0, 0.1) is 11.8 Å². The molecule has 2 bridgehead atoms. The number of hydrogen-bond donors (Lipinski definition) is 1. The summed E-state index contributed by atoms with van der Waals surface area (Å²) in [6.07, 6.45) is 3.72. The van der Waals surface area contributed by atoms with Crippen LogP contribution in [-0.2, 0) is 0 Å². The molecule has 1 aromatic carbocycles. The van der Waals surface area contributed by atoms with Gasteiger partial charge in [0.15, 0.2) is 0 Å². The lowest BCUT2D eigenvalue weighted by molar-refractivity contribution is 0.279. The first-order valence-electron chi connectivity index (χ1n) is 7.08. The van der Waals surface area contributed by atoms with Crippen LogP contribution in [0.5, 0.6) is 0 Å². The number of fused-ring (bicyclic) bond motifs is 2. The molecule has 4 nitrogen and oxygen atoms in total. The van der Waals surface area contributed by atoms with E-state index < -0.39 is 0 Å². The van der Waals surface area contributed by atoms with Crippen molar-refractivity contribution in [1.29, 1.82) is 0 Å². The molecule has 20 heavy (non-hydrogen) atoms. The minimum Gasteiger partial charge on any atom is -0.339 e. The summed E-state index contributed by atoms with van der Waals surface area (Å²) < 4.78 is 6.50. The van der Waals surface area contributed by atoms with Crippen molar-refractivity contribution in [2.24, 2.45) is 17.6 Å². The van der Waals surface area contributed by atoms with Gasteiger partial charge in [-0.25, -0.2) is 0 Å². The maximum Gasteiger partial charge on any atom is 0.231 e. The van der Waals surface area contributed by atoms with E-state index in [1.54, 1.807) is 0 Å². The quantitative estimate of drug-likeness (QED) is 0.915. The van der Waals surface area contributed by atoms with Crippen molar-refractivity contribution in [3.8, 4) is 11.4 Å². The fourth-order valence-electron chi connectivity index (χ4n) is 3.82. The zero-order chi connectivity index (χ0) is 13.7. The van der Waals surface area contributed by atoms with Crippen molar-refractivity contribution in [2.45, 2.75) is 31.2 Å². The highest BCUT2D eigenvalue weighted by Gasteiger charge is 2.48. The Morgan fingerprint density at radius 3 is 2.75 bits per heavy atom. The van der Waals surface area contributed by atoms with Crippen LogP contribution in [0.1, 0.15) is 31.1 Å². The van der Waals surface area contributed by atoms with Gasteiger partial charge in [-0.3, -0.25) is 0 Å². The van der Waals surface area contributed by atoms with Crippen molar-refractivity contribution < 1.29 is 4.52 Å². The fraction of sp³-hybridized carbons (Fsp3) is 0.467. The summed E-state index contributed by atoms with van der Waals surface area (Å²) in [4.78, 5) is 4.60. The van der Waals surface area contributed by atoms with Gasteiger partial charge in [0.1, 0.15) is 0 Å². The third kappa shape index (κ3) is 1.84. The fourth-order valence-corrected chi connectivity index (χ4v) is 4.29. The molecule has 2 aromatic rings. The second-order valence-electron chi connectivity index (χ2n) is 5.87. The molecule has 0 radical (unpaired) electrons. The van der Waals surface area contributed by atoms with Gasteiger partial charge >= 0.3 is 0 Å². The Morgan fingerprint density at radius 2 is 2.00 bits per heavy atom. The van der Waals surface area contributed by atoms with Gasteiger partial charge in [0.05, 0.1) is 5.92 Å². The van der Waals surface area contributed by atoms with E-state index in [4.69, 9.17) is 10.3 Å². The molecule has 104 valence electrons. The zero-order valence-corrected chi connectivity index (χ0v) is 12.6. The van der Waals surface area contributed by atoms with Gasteiger partial charge in [-0.05, 0) is 43.2 Å². The lowest BCUT2D eigenvalue weighted by Gasteiger charge is -2.24. The smallest absolute Gasteiger partial charge is 0.231 e. The zero-order valence-electron chi connectivity index (χ0n) is 11.0. The Kier molecular flexibility index (Phi) is 2.93. The van der Waals surface area contributed by atoms with E-state index in [-0.39, 0.29) is 12.0 Å². The summed E-state index contributed by atoms with van der Waals surface area (Å²) in [5.74, 6) is 2.88. The summed E-state index contributed by atoms with van der Waals surface area (Å²) in [5.41, 5.74) is 7.29. The van der Waals surface area contributed by atoms with Gasteiger partial charge in [0.25, 0.3) is 0 Å². The van der Waals surface area contributed by atoms with Crippen LogP contribution in [0.3, 0.4) is 0 Å². The molecule has 2 saturated carbocycles. The van der Waals surface area contributed by atoms with E-state index in [1.807, 2.05) is 24.3 Å². The van der Waals surface area contributed by atoms with E-state index in [0.717, 1.165) is 15.9 Å². The highest BCUT2D eigenvalue weighted by Crippen LogP contribution is 2.51. The lowest BCUT2D eigenvalue weighted by Crippen LogP contribution is -2.34. The van der Waals surface area contributed by atoms with Crippen molar-refractivity contribution in [3.63, 3.8) is 0 Å². The molecule has 2 fully saturated rings. The molecule has 2 N–H and O–H groups in total. The standard InChI is InChI=1S/C15H16BrN3O/c16-11-4-2-1-3-10(11)14-18-15(20-19-14)12-8-5-6-9(7-8)13(12)17/h1-4,8-9,12-13H,5-7,17H2. The van der Waals surface area contributed by atoms with Crippen molar-refractivity contribution in [3.05, 3.63) is 34.6 Å². The predicted molar refractivity (Wildman–Crippen MR) is 79.0 cm³/mol. The minimum absolute atomic E-state index is 0.182. The Hall–Kier alpha value is -1.20. The molecule has 1 aromatic heterocycles. The third-order valence-electron chi connectivity index (χ3n) is 4.82. The van der Waals surface area contributed by atoms with E-state index in [2.05, 4.69) is 26.1 Å². The summed E-state index contributed by atoms with van der Waals surface area (Å²) in [6.45, 7) is 0. The number of nitrogens with two attached hydrogens (primary N) is 1. The lowest BCUT2D eigenvalue weighted by atomic mass is 9.85. The van der Waals surface area contributed by atoms with Crippen LogP contribution in [0.15, 0.2) is 33.3 Å². The molecule has 0 spiro atoms. The summed E-state index contributed by atoms with van der Waals surface area (Å²) in [5, 5.41) is 4.14. The Bertz CT molecular complexity index is 640. The summed E-state index contributed by atoms with van der Waals surface area (Å²) in [6, 6.07) is 8.09. The van der Waals surface area contributed by atoms with Crippen LogP contribution in [-0.4, -0.2) is 16.2 Å². The molecular weight excluding hydrogens is 318 g/mol. The molecule has 2 aliphatic rings. The highest BCUT2D eigenvalue weighted by molar-refractivity contribution is 9.10. The number of halogens is 1. The Balaban J connectivity index is 1.68. The number of benzene rings is 1. The van der Waals surface area contributed by atoms with Crippen molar-refractivity contribution in [1.82, 2.24) is 10.1 Å². The average molecular weight is 334 g/mol. The Morgan fingerprint density at radius 1 is 1.20 bits per heavy atom. The summed E-state index contributed by atoms with van der Waals surface area (Å²) in [7, 11) is 0. The topological polar surface area (TPSA) is 64.9 Å². The predicted octanol–water partition coefficient (Wildman–Crippen LogP) is 3.34. The van der Waals surface area contributed by atoms with Crippen LogP contribution >= 0.6 is 15.9 Å². The van der Waals surface area contributed by atoms with Crippen molar-refractivity contribution >= 4 is 15.9 Å². The van der Waals surface area contributed by atoms with E-state index in [0.29, 0.717) is 17.7 Å². The average Bonchev–Trinajstić information content (AvgIpc) is 3.14. The normalized spacial score (nSPS) is 31.9. The minimum atomic E-state index is 0.182. The van der Waals surface area contributed by atoms with E-state index in [1.165, 1.54) is 19.3 Å². The van der Waals surface area contributed by atoms with E-state index >= 15 is 0 Å². The van der Waals surface area contributed by atoms with E-state index in [9.17, 15) is 0 Å². The molecule has 0 aliphatic heterocycles. The molecule has 4 rings (SSSR count). The van der Waals surface area contributed by atoms with Gasteiger partial charge in [0.2, 0.25) is 11.7 Å². The van der Waals surface area contributed by atoms with Gasteiger partial charge in [0, 0.05) is 16.1 Å². The van der Waals surface area contributed by atoms with Gasteiger partial charge < -0.3 is 10.3 Å². The number of hydrogen-bond acceptors (Lipinski definition) is 4. The molecule has 2 aliphatic carbocycles. The molecule has 4 unspecified atom stereocenters. The number of aromatic nitrogens is 2. The maximum absolute atomic E-state index is 6.34. The van der Waals surface area contributed by atoms with Crippen LogP contribution in [0.4, 0.5) is 0 Å². The second kappa shape index (κ2) is 4.67. The molecule has 0 amide bonds. The first-order valence-corrected chi connectivity index (χ1v) is 7.87. The first kappa shape index (κ1) is 12.5. The number of rotatable bonds is 2. The molecular formula is C15H16BrN3O. The Labute approximate surface area is 125 Å². The summed E-state index contributed by atoms with van der Waals surface area (Å²) >= 11 is 3.52. The first-order chi connectivity index (χ1) is 9.74. The van der Waals surface area contributed by atoms with Gasteiger partial charge in [-0.15, -0.1) is 0 Å². The largest absolute Gasteiger partial charge is 0.339 e. The molecule has 4 atom stereocenters. The molecule has 5 heteroatoms. The second-order valence-corrected chi connectivity index (χ2v) is 6.73.